The standard InChI is InChI=1S/C15H19F3N2O4/c16-15(17,18)8-19-5-9(4-11(19)21)12(22)20-6-10-2-1-3-14(10,7-20)13(23)24/h9-10H,1-8H2,(H,23,24)/t9?,10-,14+/m0/s1. The van der Waals surface area contributed by atoms with E-state index in [1.54, 1.807) is 0 Å². The Kier molecular flexibility index (Phi) is 4.00. The summed E-state index contributed by atoms with van der Waals surface area (Å²) in [4.78, 5) is 38.0. The Morgan fingerprint density at radius 2 is 2.00 bits per heavy atom. The Morgan fingerprint density at radius 1 is 1.29 bits per heavy atom. The number of carbonyl (C=O) groups is 3. The number of nitrogens with zero attached hydrogens (tertiary/aromatic N) is 2. The molecule has 1 aliphatic carbocycles. The van der Waals surface area contributed by atoms with Crippen LogP contribution in [0.4, 0.5) is 13.2 Å². The molecule has 1 unspecified atom stereocenters. The van der Waals surface area contributed by atoms with E-state index < -0.39 is 41.8 Å². The zero-order valence-electron chi connectivity index (χ0n) is 13.0. The van der Waals surface area contributed by atoms with Crippen molar-refractivity contribution >= 4 is 17.8 Å². The van der Waals surface area contributed by atoms with Gasteiger partial charge in [0.1, 0.15) is 6.54 Å². The zero-order valence-corrected chi connectivity index (χ0v) is 13.0. The Balaban J connectivity index is 1.66. The van der Waals surface area contributed by atoms with Crippen LogP contribution in [0.1, 0.15) is 25.7 Å². The number of aliphatic carboxylic acids is 1. The molecule has 9 heteroatoms. The molecule has 0 aromatic rings. The molecule has 6 nitrogen and oxygen atoms in total. The summed E-state index contributed by atoms with van der Waals surface area (Å²) in [6.07, 6.45) is -2.68. The van der Waals surface area contributed by atoms with Crippen LogP contribution in [0.2, 0.25) is 0 Å². The van der Waals surface area contributed by atoms with E-state index in [1.807, 2.05) is 0 Å². The molecule has 3 rings (SSSR count). The molecular formula is C15H19F3N2O4. The van der Waals surface area contributed by atoms with E-state index in [4.69, 9.17) is 0 Å². The van der Waals surface area contributed by atoms with Gasteiger partial charge in [-0.2, -0.15) is 13.2 Å². The van der Waals surface area contributed by atoms with Gasteiger partial charge < -0.3 is 14.9 Å². The number of carboxylic acid groups (broad SMARTS) is 1. The van der Waals surface area contributed by atoms with Crippen LogP contribution in [-0.2, 0) is 14.4 Å². The van der Waals surface area contributed by atoms with Gasteiger partial charge in [-0.1, -0.05) is 6.42 Å². The normalized spacial score (nSPS) is 33.2. The van der Waals surface area contributed by atoms with Crippen molar-refractivity contribution in [1.82, 2.24) is 9.80 Å². The average molecular weight is 348 g/mol. The first-order valence-electron chi connectivity index (χ1n) is 7.99. The van der Waals surface area contributed by atoms with Gasteiger partial charge in [0.25, 0.3) is 0 Å². The van der Waals surface area contributed by atoms with E-state index in [1.165, 1.54) is 4.90 Å². The fourth-order valence-corrected chi connectivity index (χ4v) is 4.37. The lowest BCUT2D eigenvalue weighted by Gasteiger charge is -2.24. The molecule has 0 radical (unpaired) electrons. The molecule has 24 heavy (non-hydrogen) atoms. The minimum absolute atomic E-state index is 0.0931. The first-order chi connectivity index (χ1) is 11.1. The lowest BCUT2D eigenvalue weighted by atomic mass is 9.81. The molecule has 0 bridgehead atoms. The van der Waals surface area contributed by atoms with E-state index in [2.05, 4.69) is 0 Å². The molecule has 3 atom stereocenters. The van der Waals surface area contributed by atoms with E-state index >= 15 is 0 Å². The third-order valence-electron chi connectivity index (χ3n) is 5.54. The zero-order chi connectivity index (χ0) is 17.7. The van der Waals surface area contributed by atoms with E-state index in [-0.39, 0.29) is 25.4 Å². The maximum absolute atomic E-state index is 12.6. The van der Waals surface area contributed by atoms with Gasteiger partial charge in [0.15, 0.2) is 0 Å². The smallest absolute Gasteiger partial charge is 0.406 e. The summed E-state index contributed by atoms with van der Waals surface area (Å²) in [5.74, 6) is -2.92. The summed E-state index contributed by atoms with van der Waals surface area (Å²) < 4.78 is 37.4. The number of alkyl halides is 3. The molecule has 2 saturated heterocycles. The number of hydrogen-bond donors (Lipinski definition) is 1. The SMILES string of the molecule is O=C1CC(C(=O)N2C[C@@H]3CCC[C@@]3(C(=O)O)C2)CN1CC(F)(F)F. The van der Waals surface area contributed by atoms with Crippen molar-refractivity contribution in [3.8, 4) is 0 Å². The summed E-state index contributed by atoms with van der Waals surface area (Å²) in [5.41, 5.74) is -0.927. The topological polar surface area (TPSA) is 77.9 Å². The van der Waals surface area contributed by atoms with E-state index in [0.717, 1.165) is 12.8 Å². The summed E-state index contributed by atoms with van der Waals surface area (Å²) in [6, 6.07) is 0. The fourth-order valence-electron chi connectivity index (χ4n) is 4.37. The Morgan fingerprint density at radius 3 is 2.58 bits per heavy atom. The molecule has 3 aliphatic rings. The number of carboxylic acids is 1. The Labute approximate surface area is 136 Å². The van der Waals surface area contributed by atoms with Crippen molar-refractivity contribution in [3.05, 3.63) is 0 Å². The van der Waals surface area contributed by atoms with Gasteiger partial charge in [-0.05, 0) is 18.8 Å². The predicted molar refractivity (Wildman–Crippen MR) is 74.7 cm³/mol. The van der Waals surface area contributed by atoms with Gasteiger partial charge in [-0.3, -0.25) is 14.4 Å². The lowest BCUT2D eigenvalue weighted by Crippen LogP contribution is -2.40. The van der Waals surface area contributed by atoms with Crippen molar-refractivity contribution < 1.29 is 32.7 Å². The maximum Gasteiger partial charge on any atom is 0.406 e. The fraction of sp³-hybridized carbons (Fsp3) is 0.800. The van der Waals surface area contributed by atoms with Crippen LogP contribution in [0.5, 0.6) is 0 Å². The number of amides is 2. The lowest BCUT2D eigenvalue weighted by molar-refractivity contribution is -0.157. The van der Waals surface area contributed by atoms with Crippen molar-refractivity contribution in [1.29, 1.82) is 0 Å². The number of likely N-dealkylation sites (tertiary alicyclic amines) is 2. The molecule has 3 fully saturated rings. The molecule has 2 heterocycles. The van der Waals surface area contributed by atoms with Crippen LogP contribution >= 0.6 is 0 Å². The number of hydrogen-bond acceptors (Lipinski definition) is 3. The van der Waals surface area contributed by atoms with Crippen molar-refractivity contribution in [2.45, 2.75) is 31.9 Å². The van der Waals surface area contributed by atoms with Crippen LogP contribution in [0.15, 0.2) is 0 Å². The number of halogens is 3. The number of rotatable bonds is 3. The molecule has 0 spiro atoms. The first-order valence-corrected chi connectivity index (χ1v) is 7.99. The third kappa shape index (κ3) is 2.84. The maximum atomic E-state index is 12.6. The summed E-state index contributed by atoms with van der Waals surface area (Å²) >= 11 is 0. The number of carbonyl (C=O) groups excluding carboxylic acids is 2. The molecule has 2 aliphatic heterocycles. The summed E-state index contributed by atoms with van der Waals surface area (Å²) in [5, 5.41) is 9.53. The summed E-state index contributed by atoms with van der Waals surface area (Å²) in [7, 11) is 0. The second kappa shape index (κ2) is 5.63. The molecule has 1 N–H and O–H groups in total. The van der Waals surface area contributed by atoms with Crippen LogP contribution in [0.25, 0.3) is 0 Å². The highest BCUT2D eigenvalue weighted by Gasteiger charge is 2.56. The van der Waals surface area contributed by atoms with Crippen molar-refractivity contribution in [2.24, 2.45) is 17.3 Å². The van der Waals surface area contributed by atoms with Crippen LogP contribution in [-0.4, -0.2) is 65.0 Å². The third-order valence-corrected chi connectivity index (χ3v) is 5.54. The molecule has 1 saturated carbocycles. The molecular weight excluding hydrogens is 329 g/mol. The minimum atomic E-state index is -4.49. The van der Waals surface area contributed by atoms with Crippen LogP contribution in [0.3, 0.4) is 0 Å². The summed E-state index contributed by atoms with van der Waals surface area (Å²) in [6.45, 7) is -1.19. The van der Waals surface area contributed by atoms with Gasteiger partial charge in [-0.25, -0.2) is 0 Å². The minimum Gasteiger partial charge on any atom is -0.481 e. The van der Waals surface area contributed by atoms with Gasteiger partial charge in [0.2, 0.25) is 11.8 Å². The number of fused-ring (bicyclic) bond motifs is 1. The molecule has 0 aromatic carbocycles. The van der Waals surface area contributed by atoms with Crippen LogP contribution < -0.4 is 0 Å². The molecule has 134 valence electrons. The van der Waals surface area contributed by atoms with Gasteiger partial charge in [0.05, 0.1) is 11.3 Å². The van der Waals surface area contributed by atoms with Crippen molar-refractivity contribution in [3.63, 3.8) is 0 Å². The average Bonchev–Trinajstić information content (AvgIpc) is 3.09. The van der Waals surface area contributed by atoms with E-state index in [0.29, 0.717) is 17.9 Å². The Bertz CT molecular complexity index is 580. The quantitative estimate of drug-likeness (QED) is 0.829. The first kappa shape index (κ1) is 17.0. The van der Waals surface area contributed by atoms with Gasteiger partial charge in [-0.15, -0.1) is 0 Å². The van der Waals surface area contributed by atoms with Gasteiger partial charge >= 0.3 is 12.1 Å². The second-order valence-electron chi connectivity index (χ2n) is 7.06. The molecule has 0 aromatic heterocycles. The highest BCUT2D eigenvalue weighted by Crippen LogP contribution is 2.49. The highest BCUT2D eigenvalue weighted by molar-refractivity contribution is 5.90. The van der Waals surface area contributed by atoms with Crippen molar-refractivity contribution in [2.75, 3.05) is 26.2 Å². The Hall–Kier alpha value is -1.80. The molecule has 2 amide bonds. The van der Waals surface area contributed by atoms with Gasteiger partial charge in [0, 0.05) is 26.1 Å². The largest absolute Gasteiger partial charge is 0.481 e. The predicted octanol–water partition coefficient (Wildman–Crippen LogP) is 1.11. The van der Waals surface area contributed by atoms with Crippen LogP contribution in [0, 0.1) is 17.3 Å². The monoisotopic (exact) mass is 348 g/mol. The second-order valence-corrected chi connectivity index (χ2v) is 7.06. The highest BCUT2D eigenvalue weighted by atomic mass is 19.4. The van der Waals surface area contributed by atoms with E-state index in [9.17, 15) is 32.7 Å².